The van der Waals surface area contributed by atoms with Crippen LogP contribution in [0.2, 0.25) is 0 Å². The van der Waals surface area contributed by atoms with Crippen molar-refractivity contribution in [2.45, 2.75) is 6.92 Å². The topological polar surface area (TPSA) is 75.2 Å². The van der Waals surface area contributed by atoms with Crippen LogP contribution in [0.15, 0.2) is 6.07 Å². The first-order chi connectivity index (χ1) is 7.10. The molecule has 15 heavy (non-hydrogen) atoms. The van der Waals surface area contributed by atoms with Gasteiger partial charge in [-0.1, -0.05) is 0 Å². The summed E-state index contributed by atoms with van der Waals surface area (Å²) >= 11 is 0. The Labute approximate surface area is 89.1 Å². The van der Waals surface area contributed by atoms with Gasteiger partial charge in [-0.15, -0.1) is 0 Å². The van der Waals surface area contributed by atoms with Crippen LogP contribution in [0.3, 0.4) is 0 Å². The number of hydrogen-bond donors (Lipinski definition) is 1. The van der Waals surface area contributed by atoms with E-state index in [9.17, 15) is 0 Å². The molecule has 0 fully saturated rings. The van der Waals surface area contributed by atoms with Gasteiger partial charge in [-0.3, -0.25) is 0 Å². The molecule has 0 saturated heterocycles. The summed E-state index contributed by atoms with van der Waals surface area (Å²) in [5.41, 5.74) is 6.41. The van der Waals surface area contributed by atoms with Crippen molar-refractivity contribution in [3.63, 3.8) is 0 Å². The summed E-state index contributed by atoms with van der Waals surface area (Å²) in [6, 6.07) is 3.64. The Hall–Kier alpha value is -1.96. The Morgan fingerprint density at radius 3 is 2.73 bits per heavy atom. The summed E-state index contributed by atoms with van der Waals surface area (Å²) in [5, 5.41) is 8.89. The van der Waals surface area contributed by atoms with Crippen molar-refractivity contribution in [2.75, 3.05) is 31.3 Å². The summed E-state index contributed by atoms with van der Waals surface area (Å²) in [7, 11) is 3.70. The number of nitrogens with two attached hydrogens (primary N) is 1. The minimum absolute atomic E-state index is 0.294. The molecular weight excluding hydrogens is 192 g/mol. The minimum atomic E-state index is 0.294. The first-order valence-electron chi connectivity index (χ1n) is 4.60. The second kappa shape index (κ2) is 4.51. The average Bonchev–Trinajstić information content (AvgIpc) is 2.17. The first kappa shape index (κ1) is 11.1. The van der Waals surface area contributed by atoms with Gasteiger partial charge >= 0.3 is 0 Å². The van der Waals surface area contributed by atoms with Gasteiger partial charge in [-0.2, -0.15) is 10.2 Å². The maximum atomic E-state index is 8.89. The second-order valence-electron chi connectivity index (χ2n) is 3.19. The van der Waals surface area contributed by atoms with E-state index in [4.69, 9.17) is 15.7 Å². The maximum Gasteiger partial charge on any atom is 0.235 e. The largest absolute Gasteiger partial charge is 0.477 e. The average molecular weight is 206 g/mol. The van der Waals surface area contributed by atoms with Crippen molar-refractivity contribution in [3.05, 3.63) is 11.6 Å². The molecular formula is C10H14N4O. The van der Waals surface area contributed by atoms with Gasteiger partial charge in [-0.25, -0.2) is 0 Å². The van der Waals surface area contributed by atoms with E-state index in [2.05, 4.69) is 4.98 Å². The van der Waals surface area contributed by atoms with Crippen molar-refractivity contribution in [1.82, 2.24) is 4.98 Å². The zero-order valence-electron chi connectivity index (χ0n) is 9.11. The molecule has 0 amide bonds. The first-order valence-corrected chi connectivity index (χ1v) is 4.60. The molecule has 0 aliphatic heterocycles. The zero-order chi connectivity index (χ0) is 11.4. The molecule has 1 rings (SSSR count). The maximum absolute atomic E-state index is 8.89. The van der Waals surface area contributed by atoms with E-state index < -0.39 is 0 Å². The molecule has 0 atom stereocenters. The molecule has 0 spiro atoms. The summed E-state index contributed by atoms with van der Waals surface area (Å²) < 4.78 is 5.26. The minimum Gasteiger partial charge on any atom is -0.477 e. The zero-order valence-corrected chi connectivity index (χ0v) is 9.11. The third-order valence-electron chi connectivity index (χ3n) is 1.85. The monoisotopic (exact) mass is 206 g/mol. The number of anilines is 2. The van der Waals surface area contributed by atoms with Crippen LogP contribution >= 0.6 is 0 Å². The van der Waals surface area contributed by atoms with Crippen LogP contribution in [-0.2, 0) is 0 Å². The highest BCUT2D eigenvalue weighted by Gasteiger charge is 2.12. The van der Waals surface area contributed by atoms with Crippen molar-refractivity contribution in [3.8, 4) is 11.9 Å². The van der Waals surface area contributed by atoms with Gasteiger partial charge in [0.05, 0.1) is 12.3 Å². The number of rotatable bonds is 3. The quantitative estimate of drug-likeness (QED) is 0.798. The number of hydrogen-bond acceptors (Lipinski definition) is 5. The van der Waals surface area contributed by atoms with Crippen LogP contribution in [-0.4, -0.2) is 25.7 Å². The predicted octanol–water partition coefficient (Wildman–Crippen LogP) is 1.00. The van der Waals surface area contributed by atoms with Gasteiger partial charge < -0.3 is 15.4 Å². The molecule has 0 radical (unpaired) electrons. The number of nitrogen functional groups attached to an aromatic ring is 1. The second-order valence-corrected chi connectivity index (χ2v) is 3.19. The third kappa shape index (κ3) is 2.29. The lowest BCUT2D eigenvalue weighted by atomic mass is 10.2. The molecule has 0 saturated carbocycles. The Morgan fingerprint density at radius 1 is 1.60 bits per heavy atom. The van der Waals surface area contributed by atoms with E-state index in [-0.39, 0.29) is 0 Å². The number of aromatic nitrogens is 1. The molecule has 80 valence electrons. The van der Waals surface area contributed by atoms with Gasteiger partial charge in [0.15, 0.2) is 0 Å². The molecule has 5 heteroatoms. The highest BCUT2D eigenvalue weighted by Crippen LogP contribution is 2.25. The summed E-state index contributed by atoms with van der Waals surface area (Å²) in [6.07, 6.45) is 0. The highest BCUT2D eigenvalue weighted by molar-refractivity contribution is 5.64. The van der Waals surface area contributed by atoms with Crippen LogP contribution in [0, 0.1) is 11.3 Å². The van der Waals surface area contributed by atoms with Crippen LogP contribution in [0.1, 0.15) is 12.5 Å². The normalized spacial score (nSPS) is 9.47. The van der Waals surface area contributed by atoms with E-state index in [1.54, 1.807) is 11.0 Å². The van der Waals surface area contributed by atoms with Gasteiger partial charge in [-0.05, 0) is 6.92 Å². The number of pyridine rings is 1. The summed E-state index contributed by atoms with van der Waals surface area (Å²) in [4.78, 5) is 6.00. The molecule has 0 aliphatic carbocycles. The molecule has 0 bridgehead atoms. The molecule has 0 unspecified atom stereocenters. The fourth-order valence-electron chi connectivity index (χ4n) is 1.11. The van der Waals surface area contributed by atoms with Gasteiger partial charge in [0, 0.05) is 20.2 Å². The Morgan fingerprint density at radius 2 is 2.27 bits per heavy atom. The van der Waals surface area contributed by atoms with Crippen molar-refractivity contribution >= 4 is 11.5 Å². The number of ether oxygens (including phenoxy) is 1. The van der Waals surface area contributed by atoms with Crippen LogP contribution in [0.4, 0.5) is 11.5 Å². The number of nitriles is 1. The van der Waals surface area contributed by atoms with E-state index in [0.717, 1.165) is 0 Å². The Kier molecular flexibility index (Phi) is 3.34. The van der Waals surface area contributed by atoms with E-state index in [1.165, 1.54) is 0 Å². The summed E-state index contributed by atoms with van der Waals surface area (Å²) in [5.74, 6) is 0.971. The van der Waals surface area contributed by atoms with Gasteiger partial charge in [0.1, 0.15) is 17.5 Å². The van der Waals surface area contributed by atoms with Gasteiger partial charge in [0.25, 0.3) is 0 Å². The van der Waals surface area contributed by atoms with Crippen LogP contribution in [0.25, 0.3) is 0 Å². The molecule has 1 heterocycles. The molecule has 2 N–H and O–H groups in total. The van der Waals surface area contributed by atoms with Crippen LogP contribution < -0.4 is 15.4 Å². The highest BCUT2D eigenvalue weighted by atomic mass is 16.5. The third-order valence-corrected chi connectivity index (χ3v) is 1.85. The fraction of sp³-hybridized carbons (Fsp3) is 0.400. The molecule has 1 aromatic rings. The van der Waals surface area contributed by atoms with E-state index in [1.807, 2.05) is 27.1 Å². The van der Waals surface area contributed by atoms with Crippen molar-refractivity contribution < 1.29 is 4.74 Å². The smallest absolute Gasteiger partial charge is 0.235 e. The molecule has 0 aliphatic rings. The lowest BCUT2D eigenvalue weighted by Crippen LogP contribution is -2.13. The SMILES string of the molecule is CCOc1nc(N(C)C)cc(N)c1C#N. The Bertz CT molecular complexity index is 395. The fourth-order valence-corrected chi connectivity index (χ4v) is 1.11. The standard InChI is InChI=1S/C10H14N4O/c1-4-15-10-7(6-11)8(12)5-9(13-10)14(2)3/h5H,4H2,1-3H3,(H2,12,13). The van der Waals surface area contributed by atoms with E-state index >= 15 is 0 Å². The Balaban J connectivity index is 3.27. The molecule has 5 nitrogen and oxygen atoms in total. The lowest BCUT2D eigenvalue weighted by Gasteiger charge is -2.14. The van der Waals surface area contributed by atoms with Crippen molar-refractivity contribution in [2.24, 2.45) is 0 Å². The predicted molar refractivity (Wildman–Crippen MR) is 58.9 cm³/mol. The van der Waals surface area contributed by atoms with Gasteiger partial charge in [0.2, 0.25) is 5.88 Å². The molecule has 0 aromatic carbocycles. The van der Waals surface area contributed by atoms with Crippen LogP contribution in [0.5, 0.6) is 5.88 Å². The number of nitrogens with zero attached hydrogens (tertiary/aromatic N) is 3. The summed E-state index contributed by atoms with van der Waals surface area (Å²) in [6.45, 7) is 2.29. The molecule has 1 aromatic heterocycles. The van der Waals surface area contributed by atoms with E-state index in [0.29, 0.717) is 29.6 Å². The lowest BCUT2D eigenvalue weighted by molar-refractivity contribution is 0.326. The van der Waals surface area contributed by atoms with Crippen molar-refractivity contribution in [1.29, 1.82) is 5.26 Å².